The fourth-order valence-corrected chi connectivity index (χ4v) is 4.63. The van der Waals surface area contributed by atoms with Gasteiger partial charge in [-0.1, -0.05) is 41.8 Å². The van der Waals surface area contributed by atoms with Gasteiger partial charge in [-0.3, -0.25) is 4.79 Å². The Labute approximate surface area is 158 Å². The lowest BCUT2D eigenvalue weighted by Crippen LogP contribution is -2.56. The average molecular weight is 371 g/mol. The summed E-state index contributed by atoms with van der Waals surface area (Å²) in [5.41, 5.74) is 1.87. The van der Waals surface area contributed by atoms with Crippen molar-refractivity contribution in [2.75, 3.05) is 13.1 Å². The van der Waals surface area contributed by atoms with Crippen LogP contribution in [0.25, 0.3) is 0 Å². The van der Waals surface area contributed by atoms with Gasteiger partial charge in [0.25, 0.3) is 0 Å². The highest BCUT2D eigenvalue weighted by Gasteiger charge is 2.48. The topological polar surface area (TPSA) is 51.0 Å². The van der Waals surface area contributed by atoms with E-state index >= 15 is 0 Å². The van der Waals surface area contributed by atoms with Crippen molar-refractivity contribution in [1.29, 1.82) is 0 Å². The van der Waals surface area contributed by atoms with E-state index in [0.717, 1.165) is 55.1 Å². The summed E-state index contributed by atoms with van der Waals surface area (Å²) in [4.78, 5) is 15.4. The first kappa shape index (κ1) is 16.3. The van der Waals surface area contributed by atoms with E-state index in [4.69, 9.17) is 11.6 Å². The van der Waals surface area contributed by atoms with E-state index in [-0.39, 0.29) is 17.4 Å². The van der Waals surface area contributed by atoms with Crippen molar-refractivity contribution in [2.24, 2.45) is 0 Å². The number of carbonyl (C=O) groups is 1. The largest absolute Gasteiger partial charge is 0.337 e. The second-order valence-electron chi connectivity index (χ2n) is 8.06. The minimum absolute atomic E-state index is 0.266. The Bertz CT molecular complexity index is 815. The van der Waals surface area contributed by atoms with Crippen LogP contribution in [0.2, 0.25) is 5.02 Å². The molecule has 1 aromatic carbocycles. The highest BCUT2D eigenvalue weighted by atomic mass is 35.5. The zero-order valence-electron chi connectivity index (χ0n) is 14.8. The number of likely N-dealkylation sites (tertiary alicyclic amines) is 1. The lowest BCUT2D eigenvalue weighted by Gasteiger charge is -2.44. The van der Waals surface area contributed by atoms with E-state index in [1.165, 1.54) is 12.8 Å². The number of nitrogens with zero attached hydrogens (tertiary/aromatic N) is 4. The quantitative estimate of drug-likeness (QED) is 0.824. The van der Waals surface area contributed by atoms with Crippen LogP contribution in [0, 0.1) is 0 Å². The minimum atomic E-state index is -0.364. The number of benzene rings is 1. The van der Waals surface area contributed by atoms with Crippen molar-refractivity contribution in [3.05, 3.63) is 46.7 Å². The van der Waals surface area contributed by atoms with Gasteiger partial charge in [0.05, 0.1) is 17.2 Å². The molecule has 1 saturated heterocycles. The van der Waals surface area contributed by atoms with Crippen molar-refractivity contribution in [3.63, 3.8) is 0 Å². The summed E-state index contributed by atoms with van der Waals surface area (Å²) >= 11 is 6.05. The number of rotatable bonds is 4. The Balaban J connectivity index is 1.31. The van der Waals surface area contributed by atoms with Crippen LogP contribution in [-0.2, 0) is 10.2 Å². The second kappa shape index (κ2) is 6.08. The zero-order chi connectivity index (χ0) is 17.7. The van der Waals surface area contributed by atoms with Crippen LogP contribution < -0.4 is 0 Å². The van der Waals surface area contributed by atoms with Crippen LogP contribution in [-0.4, -0.2) is 38.9 Å². The molecular weight excluding hydrogens is 348 g/mol. The normalized spacial score (nSPS) is 22.4. The van der Waals surface area contributed by atoms with E-state index in [0.29, 0.717) is 5.92 Å². The van der Waals surface area contributed by atoms with Gasteiger partial charge in [0, 0.05) is 30.2 Å². The van der Waals surface area contributed by atoms with Crippen LogP contribution in [0.1, 0.15) is 61.7 Å². The first-order valence-corrected chi connectivity index (χ1v) is 10.0. The summed E-state index contributed by atoms with van der Waals surface area (Å²) in [6, 6.07) is 8.13. The van der Waals surface area contributed by atoms with Crippen molar-refractivity contribution in [3.8, 4) is 0 Å². The number of hydrogen-bond donors (Lipinski definition) is 0. The predicted molar refractivity (Wildman–Crippen MR) is 99.2 cm³/mol. The van der Waals surface area contributed by atoms with Crippen LogP contribution in [0.15, 0.2) is 30.5 Å². The number of aromatic nitrogens is 3. The monoisotopic (exact) mass is 370 g/mol. The van der Waals surface area contributed by atoms with Crippen LogP contribution in [0.3, 0.4) is 0 Å². The van der Waals surface area contributed by atoms with Gasteiger partial charge in [-0.2, -0.15) is 0 Å². The average Bonchev–Trinajstić information content (AvgIpc) is 3.14. The number of halogens is 1. The molecule has 3 fully saturated rings. The van der Waals surface area contributed by atoms with Gasteiger partial charge < -0.3 is 4.90 Å². The lowest BCUT2D eigenvalue weighted by atomic mass is 9.77. The maximum absolute atomic E-state index is 13.4. The van der Waals surface area contributed by atoms with Crippen molar-refractivity contribution in [1.82, 2.24) is 19.9 Å². The van der Waals surface area contributed by atoms with E-state index in [2.05, 4.69) is 16.5 Å². The third kappa shape index (κ3) is 2.64. The fraction of sp³-hybridized carbons (Fsp3) is 0.550. The molecule has 26 heavy (non-hydrogen) atoms. The summed E-state index contributed by atoms with van der Waals surface area (Å²) in [5, 5.41) is 9.30. The molecule has 2 aliphatic carbocycles. The molecule has 1 amide bonds. The van der Waals surface area contributed by atoms with Crippen LogP contribution in [0.5, 0.6) is 0 Å². The molecule has 5 rings (SSSR count). The van der Waals surface area contributed by atoms with E-state index < -0.39 is 0 Å². The molecule has 0 unspecified atom stereocenters. The highest BCUT2D eigenvalue weighted by molar-refractivity contribution is 6.30. The lowest BCUT2D eigenvalue weighted by molar-refractivity contribution is -0.143. The Morgan fingerprint density at radius 3 is 2.46 bits per heavy atom. The van der Waals surface area contributed by atoms with Gasteiger partial charge in [-0.15, -0.1) is 5.10 Å². The summed E-state index contributed by atoms with van der Waals surface area (Å²) < 4.78 is 1.96. The molecule has 0 bridgehead atoms. The van der Waals surface area contributed by atoms with E-state index in [1.807, 2.05) is 33.8 Å². The molecule has 0 spiro atoms. The van der Waals surface area contributed by atoms with Gasteiger partial charge >= 0.3 is 0 Å². The maximum Gasteiger partial charge on any atom is 0.233 e. The van der Waals surface area contributed by atoms with E-state index in [9.17, 15) is 4.79 Å². The Hall–Kier alpha value is -1.88. The summed E-state index contributed by atoms with van der Waals surface area (Å²) in [7, 11) is 0. The number of carbonyl (C=O) groups excluding carboxylic acids is 1. The zero-order valence-corrected chi connectivity index (χ0v) is 15.5. The van der Waals surface area contributed by atoms with Crippen LogP contribution >= 0.6 is 11.6 Å². The van der Waals surface area contributed by atoms with Crippen LogP contribution in [0.4, 0.5) is 0 Å². The molecule has 2 saturated carbocycles. The summed E-state index contributed by atoms with van der Waals surface area (Å²) in [6.45, 7) is 1.48. The predicted octanol–water partition coefficient (Wildman–Crippen LogP) is 3.70. The standard InChI is InChI=1S/C20H23ClN4O/c21-16-7-5-15(6-8-16)20(9-1-2-10-20)19(26)24-11-17(12-24)25-13-18(22-23-25)14-3-4-14/h5-8,13-14,17H,1-4,9-12H2. The van der Waals surface area contributed by atoms with Crippen molar-refractivity contribution in [2.45, 2.75) is 55.9 Å². The maximum atomic E-state index is 13.4. The number of amides is 1. The Morgan fingerprint density at radius 1 is 1.12 bits per heavy atom. The van der Waals surface area contributed by atoms with Gasteiger partial charge in [-0.05, 0) is 43.4 Å². The first-order valence-electron chi connectivity index (χ1n) is 9.63. The Morgan fingerprint density at radius 2 is 1.81 bits per heavy atom. The molecule has 0 atom stereocenters. The SMILES string of the molecule is O=C(N1CC(n2cc(C3CC3)nn2)C1)C1(c2ccc(Cl)cc2)CCCC1. The number of hydrogen-bond acceptors (Lipinski definition) is 3. The molecule has 136 valence electrons. The smallest absolute Gasteiger partial charge is 0.233 e. The molecule has 2 aromatic rings. The highest BCUT2D eigenvalue weighted by Crippen LogP contribution is 2.44. The van der Waals surface area contributed by atoms with Gasteiger partial charge in [0.1, 0.15) is 0 Å². The Kier molecular flexibility index (Phi) is 3.82. The van der Waals surface area contributed by atoms with E-state index in [1.54, 1.807) is 0 Å². The van der Waals surface area contributed by atoms with Gasteiger partial charge in [-0.25, -0.2) is 4.68 Å². The molecule has 1 aliphatic heterocycles. The van der Waals surface area contributed by atoms with Crippen molar-refractivity contribution < 1.29 is 4.79 Å². The molecular formula is C20H23ClN4O. The van der Waals surface area contributed by atoms with Gasteiger partial charge in [0.15, 0.2) is 0 Å². The second-order valence-corrected chi connectivity index (χ2v) is 8.49. The molecule has 2 heterocycles. The summed E-state index contributed by atoms with van der Waals surface area (Å²) in [5.74, 6) is 0.893. The molecule has 3 aliphatic rings. The third-order valence-electron chi connectivity index (χ3n) is 6.31. The minimum Gasteiger partial charge on any atom is -0.337 e. The molecule has 0 radical (unpaired) electrons. The summed E-state index contributed by atoms with van der Waals surface area (Å²) in [6.07, 6.45) is 8.64. The van der Waals surface area contributed by atoms with Crippen molar-refractivity contribution >= 4 is 17.5 Å². The molecule has 0 N–H and O–H groups in total. The third-order valence-corrected chi connectivity index (χ3v) is 6.56. The van der Waals surface area contributed by atoms with Gasteiger partial charge in [0.2, 0.25) is 5.91 Å². The molecule has 5 nitrogen and oxygen atoms in total. The molecule has 1 aromatic heterocycles. The molecule has 6 heteroatoms. The first-order chi connectivity index (χ1) is 12.7. The fourth-order valence-electron chi connectivity index (χ4n) is 4.50.